The maximum atomic E-state index is 8.06. The Hall–Kier alpha value is 0.674. The molecule has 0 aliphatic rings. The molecule has 0 fully saturated rings. The number of hydrogen-bond acceptors (Lipinski definition) is 1. The molecule has 0 aromatic heterocycles. The summed E-state index contributed by atoms with van der Waals surface area (Å²) in [4.78, 5) is 0. The molecule has 1 nitrogen and oxygen atoms in total. The molecule has 4 heavy (non-hydrogen) atoms. The molecular weight excluding hydrogens is 87.9 g/mol. The van der Waals surface area contributed by atoms with E-state index in [0.29, 0.717) is 0 Å². The van der Waals surface area contributed by atoms with Gasteiger partial charge in [0.05, 0.1) is 0 Å². The van der Waals surface area contributed by atoms with Gasteiger partial charge in [0.15, 0.2) is 0 Å². The maximum absolute atomic E-state index is 8.06. The molecule has 0 heterocycles. The third kappa shape index (κ3) is 16.5. The van der Waals surface area contributed by atoms with Gasteiger partial charge in [-0.15, -0.1) is 0 Å². The summed E-state index contributed by atoms with van der Waals surface area (Å²) in [5.41, 5.74) is 0. The standard InChI is InChI=1S/C2H5O.Ti/c1-2-3;/h2-3H,1H3;. The molecule has 0 spiro atoms. The van der Waals surface area contributed by atoms with E-state index in [1.54, 1.807) is 27.4 Å². The SMILES string of the molecule is C[CH](O)[Ti]. The summed E-state index contributed by atoms with van der Waals surface area (Å²) in [6.45, 7) is 1.72. The van der Waals surface area contributed by atoms with Crippen LogP contribution in [0.3, 0.4) is 0 Å². The third-order valence-electron chi connectivity index (χ3n) is 0. The number of aliphatic hydroxyl groups is 1. The molecule has 0 bridgehead atoms. The predicted octanol–water partition coefficient (Wildman–Crippen LogP) is -0.129. The molecule has 1 atom stereocenters. The van der Waals surface area contributed by atoms with Crippen molar-refractivity contribution in [3.8, 4) is 0 Å². The van der Waals surface area contributed by atoms with Gasteiger partial charge in [0.1, 0.15) is 0 Å². The fourth-order valence-corrected chi connectivity index (χ4v) is 0. The molecule has 0 aliphatic heterocycles. The first-order valence-electron chi connectivity index (χ1n) is 1.12. The molecular formula is C2H5OTi. The fraction of sp³-hybridized carbons (Fsp3) is 1.00. The summed E-state index contributed by atoms with van der Waals surface area (Å²) in [5, 5.41) is 8.06. The van der Waals surface area contributed by atoms with E-state index in [2.05, 4.69) is 0 Å². The van der Waals surface area contributed by atoms with Crippen molar-refractivity contribution in [1.29, 1.82) is 0 Å². The Kier molecular flexibility index (Phi) is 2.27. The third-order valence-corrected chi connectivity index (χ3v) is 0. The van der Waals surface area contributed by atoms with Crippen molar-refractivity contribution in [3.05, 3.63) is 0 Å². The summed E-state index contributed by atoms with van der Waals surface area (Å²) in [6.07, 6.45) is 0. The van der Waals surface area contributed by atoms with E-state index in [1.165, 1.54) is 0 Å². The molecule has 0 aliphatic carbocycles. The zero-order valence-electron chi connectivity index (χ0n) is 2.52. The molecule has 0 aromatic rings. The van der Waals surface area contributed by atoms with Crippen molar-refractivity contribution in [2.24, 2.45) is 0 Å². The zero-order valence-corrected chi connectivity index (χ0v) is 4.09. The topological polar surface area (TPSA) is 20.2 Å². The second-order valence-corrected chi connectivity index (χ2v) is 1.98. The van der Waals surface area contributed by atoms with E-state index in [4.69, 9.17) is 5.11 Å². The summed E-state index contributed by atoms with van der Waals surface area (Å²) < 4.78 is -0.167. The molecule has 0 rings (SSSR count). The summed E-state index contributed by atoms with van der Waals surface area (Å²) in [5.74, 6) is 0. The van der Waals surface area contributed by atoms with Crippen LogP contribution >= 0.6 is 0 Å². The number of aliphatic hydroxyl groups excluding tert-OH is 1. The van der Waals surface area contributed by atoms with Crippen molar-refractivity contribution in [3.63, 3.8) is 0 Å². The molecule has 1 N–H and O–H groups in total. The summed E-state index contributed by atoms with van der Waals surface area (Å²) >= 11 is 1.72. The summed E-state index contributed by atoms with van der Waals surface area (Å²) in [6, 6.07) is 0. The first-order valence-corrected chi connectivity index (χ1v) is 2.03. The van der Waals surface area contributed by atoms with Gasteiger partial charge in [0.2, 0.25) is 0 Å². The van der Waals surface area contributed by atoms with Gasteiger partial charge in [-0.2, -0.15) is 0 Å². The minimum atomic E-state index is -0.167. The molecule has 23 valence electrons. The van der Waals surface area contributed by atoms with Crippen LogP contribution in [0.2, 0.25) is 0 Å². The van der Waals surface area contributed by atoms with E-state index in [9.17, 15) is 0 Å². The Balaban J connectivity index is 2.32. The first-order chi connectivity index (χ1) is 1.73. The van der Waals surface area contributed by atoms with E-state index in [-0.39, 0.29) is 4.41 Å². The van der Waals surface area contributed by atoms with Crippen LogP contribution in [0.5, 0.6) is 0 Å². The van der Waals surface area contributed by atoms with Crippen molar-refractivity contribution in [2.75, 3.05) is 0 Å². The van der Waals surface area contributed by atoms with Gasteiger partial charge in [0.25, 0.3) is 0 Å². The Morgan fingerprint density at radius 3 is 2.00 bits per heavy atom. The predicted molar refractivity (Wildman–Crippen MR) is 11.7 cm³/mol. The van der Waals surface area contributed by atoms with Crippen molar-refractivity contribution in [1.82, 2.24) is 0 Å². The molecule has 0 radical (unpaired) electrons. The molecule has 1 unspecified atom stereocenters. The van der Waals surface area contributed by atoms with Crippen LogP contribution in [-0.2, 0) is 20.4 Å². The van der Waals surface area contributed by atoms with E-state index < -0.39 is 0 Å². The number of rotatable bonds is 0. The minimum absolute atomic E-state index is 0.167. The molecule has 0 aromatic carbocycles. The molecule has 0 saturated carbocycles. The van der Waals surface area contributed by atoms with Gasteiger partial charge in [0, 0.05) is 0 Å². The van der Waals surface area contributed by atoms with Crippen LogP contribution in [0.1, 0.15) is 6.92 Å². The Morgan fingerprint density at radius 1 is 2.00 bits per heavy atom. The van der Waals surface area contributed by atoms with Crippen LogP contribution in [-0.4, -0.2) is 9.52 Å². The van der Waals surface area contributed by atoms with Crippen molar-refractivity contribution >= 4 is 0 Å². The second-order valence-electron chi connectivity index (χ2n) is 0.676. The van der Waals surface area contributed by atoms with E-state index in [1.807, 2.05) is 0 Å². The monoisotopic (exact) mass is 93.0 g/mol. The fourth-order valence-electron chi connectivity index (χ4n) is 0. The first kappa shape index (κ1) is 4.67. The van der Waals surface area contributed by atoms with Gasteiger partial charge >= 0.3 is 36.9 Å². The second kappa shape index (κ2) is 1.95. The van der Waals surface area contributed by atoms with E-state index >= 15 is 0 Å². The van der Waals surface area contributed by atoms with Gasteiger partial charge < -0.3 is 0 Å². The van der Waals surface area contributed by atoms with Crippen LogP contribution in [0, 0.1) is 0 Å². The van der Waals surface area contributed by atoms with Gasteiger partial charge in [-0.05, 0) is 0 Å². The zero-order chi connectivity index (χ0) is 3.58. The normalized spacial score (nSPS) is 15.2. The van der Waals surface area contributed by atoms with Gasteiger partial charge in [-0.1, -0.05) is 0 Å². The van der Waals surface area contributed by atoms with Crippen molar-refractivity contribution in [2.45, 2.75) is 11.3 Å². The molecule has 0 amide bonds. The van der Waals surface area contributed by atoms with Gasteiger partial charge in [-0.25, -0.2) is 0 Å². The van der Waals surface area contributed by atoms with Crippen LogP contribution < -0.4 is 0 Å². The average molecular weight is 92.9 g/mol. The van der Waals surface area contributed by atoms with Crippen LogP contribution in [0.25, 0.3) is 0 Å². The quantitative estimate of drug-likeness (QED) is 0.413. The van der Waals surface area contributed by atoms with E-state index in [0.717, 1.165) is 0 Å². The summed E-state index contributed by atoms with van der Waals surface area (Å²) in [7, 11) is 0. The Bertz CT molecular complexity index is 10.8. The van der Waals surface area contributed by atoms with Crippen LogP contribution in [0.15, 0.2) is 0 Å². The van der Waals surface area contributed by atoms with Gasteiger partial charge in [-0.3, -0.25) is 0 Å². The Labute approximate surface area is 37.4 Å². The number of hydrogen-bond donors (Lipinski definition) is 1. The van der Waals surface area contributed by atoms with Crippen LogP contribution in [0.4, 0.5) is 0 Å². The molecule has 2 heteroatoms. The molecule has 0 saturated heterocycles. The Morgan fingerprint density at radius 2 is 2.00 bits per heavy atom. The van der Waals surface area contributed by atoms with Crippen molar-refractivity contribution < 1.29 is 25.5 Å². The average Bonchev–Trinajstić information content (AvgIpc) is 0.811.